The molecule has 0 saturated carbocycles. The maximum absolute atomic E-state index is 11.0. The number of nitro benzene ring substituents is 1. The van der Waals surface area contributed by atoms with E-state index in [0.717, 1.165) is 11.3 Å². The summed E-state index contributed by atoms with van der Waals surface area (Å²) in [7, 11) is 1.61. The van der Waals surface area contributed by atoms with E-state index in [2.05, 4.69) is 15.3 Å². The predicted molar refractivity (Wildman–Crippen MR) is 104 cm³/mol. The third kappa shape index (κ3) is 4.39. The molecule has 0 saturated heterocycles. The van der Waals surface area contributed by atoms with E-state index in [1.807, 2.05) is 24.3 Å². The number of ether oxygens (including phenoxy) is 1. The first-order valence-electron chi connectivity index (χ1n) is 7.75. The number of halogens is 1. The first-order valence-corrected chi connectivity index (χ1v) is 8.54. The van der Waals surface area contributed by atoms with Crippen LogP contribution in [0, 0.1) is 14.9 Å². The maximum atomic E-state index is 11.0. The SMILES string of the molecule is COc1ccc(Cc2n[nH]c(=S)n2/N=C\c2ccc(Cl)c([N+](=O)[O-])c2)cc1. The van der Waals surface area contributed by atoms with Crippen LogP contribution in [0.2, 0.25) is 5.02 Å². The van der Waals surface area contributed by atoms with Crippen LogP contribution in [-0.2, 0) is 6.42 Å². The van der Waals surface area contributed by atoms with Crippen molar-refractivity contribution < 1.29 is 9.66 Å². The van der Waals surface area contributed by atoms with Crippen LogP contribution in [0.5, 0.6) is 5.75 Å². The Morgan fingerprint density at radius 2 is 2.11 bits per heavy atom. The Balaban J connectivity index is 1.86. The molecule has 1 N–H and O–H groups in total. The summed E-state index contributed by atoms with van der Waals surface area (Å²) in [5.41, 5.74) is 1.34. The smallest absolute Gasteiger partial charge is 0.288 e. The van der Waals surface area contributed by atoms with Crippen LogP contribution < -0.4 is 4.74 Å². The van der Waals surface area contributed by atoms with Crippen LogP contribution in [0.25, 0.3) is 0 Å². The van der Waals surface area contributed by atoms with E-state index in [-0.39, 0.29) is 10.7 Å². The van der Waals surface area contributed by atoms with Crippen LogP contribution in [0.1, 0.15) is 17.0 Å². The highest BCUT2D eigenvalue weighted by molar-refractivity contribution is 7.71. The van der Waals surface area contributed by atoms with E-state index < -0.39 is 4.92 Å². The number of nitro groups is 1. The molecule has 0 aliphatic carbocycles. The minimum atomic E-state index is -0.543. The molecule has 0 aliphatic heterocycles. The first kappa shape index (κ1) is 18.7. The van der Waals surface area contributed by atoms with E-state index >= 15 is 0 Å². The topological polar surface area (TPSA) is 98.3 Å². The van der Waals surface area contributed by atoms with Gasteiger partial charge in [-0.1, -0.05) is 29.8 Å². The van der Waals surface area contributed by atoms with E-state index in [4.69, 9.17) is 28.6 Å². The molecule has 3 aromatic rings. The van der Waals surface area contributed by atoms with Crippen molar-refractivity contribution >= 4 is 35.7 Å². The first-order chi connectivity index (χ1) is 13.0. The van der Waals surface area contributed by atoms with Crippen molar-refractivity contribution in [1.82, 2.24) is 14.9 Å². The lowest BCUT2D eigenvalue weighted by Crippen LogP contribution is -2.01. The number of nitrogens with zero attached hydrogens (tertiary/aromatic N) is 4. The zero-order valence-corrected chi connectivity index (χ0v) is 15.7. The second-order valence-corrected chi connectivity index (χ2v) is 6.29. The molecule has 1 heterocycles. The van der Waals surface area contributed by atoms with Gasteiger partial charge in [0.05, 0.1) is 18.2 Å². The van der Waals surface area contributed by atoms with Crippen molar-refractivity contribution in [2.45, 2.75) is 6.42 Å². The molecule has 0 amide bonds. The number of hydrogen-bond acceptors (Lipinski definition) is 6. The maximum Gasteiger partial charge on any atom is 0.288 e. The van der Waals surface area contributed by atoms with Gasteiger partial charge >= 0.3 is 0 Å². The second kappa shape index (κ2) is 8.11. The molecule has 27 heavy (non-hydrogen) atoms. The Labute approximate surface area is 164 Å². The van der Waals surface area contributed by atoms with E-state index in [9.17, 15) is 10.1 Å². The molecular weight excluding hydrogens is 390 g/mol. The normalized spacial score (nSPS) is 11.0. The average Bonchev–Trinajstić information content (AvgIpc) is 3.01. The van der Waals surface area contributed by atoms with Gasteiger partial charge in [-0.15, -0.1) is 0 Å². The summed E-state index contributed by atoms with van der Waals surface area (Å²) in [5.74, 6) is 1.37. The molecule has 0 atom stereocenters. The quantitative estimate of drug-likeness (QED) is 0.290. The number of benzene rings is 2. The van der Waals surface area contributed by atoms with Gasteiger partial charge in [0.2, 0.25) is 4.77 Å². The summed E-state index contributed by atoms with van der Waals surface area (Å²) in [4.78, 5) is 10.5. The fraction of sp³-hybridized carbons (Fsp3) is 0.118. The molecule has 2 aromatic carbocycles. The number of nitrogens with one attached hydrogen (secondary N) is 1. The van der Waals surface area contributed by atoms with Gasteiger partial charge in [-0.25, -0.2) is 0 Å². The highest BCUT2D eigenvalue weighted by Crippen LogP contribution is 2.24. The van der Waals surface area contributed by atoms with Gasteiger partial charge in [-0.2, -0.15) is 14.9 Å². The highest BCUT2D eigenvalue weighted by Gasteiger charge is 2.12. The van der Waals surface area contributed by atoms with Crippen LogP contribution in [0.4, 0.5) is 5.69 Å². The summed E-state index contributed by atoms with van der Waals surface area (Å²) in [6.07, 6.45) is 1.96. The number of aromatic nitrogens is 3. The van der Waals surface area contributed by atoms with Crippen molar-refractivity contribution in [2.24, 2.45) is 5.10 Å². The molecule has 1 aromatic heterocycles. The number of H-pyrrole nitrogens is 1. The average molecular weight is 404 g/mol. The Hall–Kier alpha value is -3.04. The molecule has 0 fully saturated rings. The highest BCUT2D eigenvalue weighted by atomic mass is 35.5. The van der Waals surface area contributed by atoms with Crippen molar-refractivity contribution in [2.75, 3.05) is 7.11 Å². The van der Waals surface area contributed by atoms with Gasteiger partial charge in [0.1, 0.15) is 10.8 Å². The summed E-state index contributed by atoms with van der Waals surface area (Å²) >= 11 is 11.0. The monoisotopic (exact) mass is 403 g/mol. The van der Waals surface area contributed by atoms with Crippen LogP contribution in [-0.4, -0.2) is 33.1 Å². The lowest BCUT2D eigenvalue weighted by Gasteiger charge is -2.03. The molecule has 10 heteroatoms. The van der Waals surface area contributed by atoms with Crippen molar-refractivity contribution in [3.05, 3.63) is 79.3 Å². The molecule has 0 unspecified atom stereocenters. The Kier molecular flexibility index (Phi) is 5.63. The molecule has 138 valence electrons. The minimum absolute atomic E-state index is 0.0669. The number of rotatable bonds is 6. The third-order valence-electron chi connectivity index (χ3n) is 3.73. The summed E-state index contributed by atoms with van der Waals surface area (Å²) < 4.78 is 6.94. The molecule has 0 aliphatic rings. The number of hydrogen-bond donors (Lipinski definition) is 1. The molecule has 0 spiro atoms. The lowest BCUT2D eigenvalue weighted by molar-refractivity contribution is -0.384. The van der Waals surface area contributed by atoms with Crippen molar-refractivity contribution in [3.63, 3.8) is 0 Å². The Bertz CT molecular complexity index is 1060. The zero-order chi connectivity index (χ0) is 19.4. The summed E-state index contributed by atoms with van der Waals surface area (Å²) in [6, 6.07) is 12.0. The van der Waals surface area contributed by atoms with Gasteiger partial charge in [0.15, 0.2) is 5.82 Å². The fourth-order valence-electron chi connectivity index (χ4n) is 2.36. The largest absolute Gasteiger partial charge is 0.497 e. The fourth-order valence-corrected chi connectivity index (χ4v) is 2.74. The Morgan fingerprint density at radius 3 is 2.78 bits per heavy atom. The zero-order valence-electron chi connectivity index (χ0n) is 14.1. The van der Waals surface area contributed by atoms with Gasteiger partial charge in [0.25, 0.3) is 5.69 Å². The third-order valence-corrected chi connectivity index (χ3v) is 4.31. The molecule has 3 rings (SSSR count). The number of aromatic amines is 1. The molecule has 0 radical (unpaired) electrons. The second-order valence-electron chi connectivity index (χ2n) is 5.49. The number of methoxy groups -OCH3 is 1. The Morgan fingerprint density at radius 1 is 1.37 bits per heavy atom. The van der Waals surface area contributed by atoms with Gasteiger partial charge in [0, 0.05) is 18.1 Å². The van der Waals surface area contributed by atoms with Crippen molar-refractivity contribution in [1.29, 1.82) is 0 Å². The van der Waals surface area contributed by atoms with Crippen molar-refractivity contribution in [3.8, 4) is 5.75 Å². The summed E-state index contributed by atoms with van der Waals surface area (Å²) in [5, 5.41) is 22.3. The van der Waals surface area contributed by atoms with Crippen LogP contribution >= 0.6 is 23.8 Å². The lowest BCUT2D eigenvalue weighted by atomic mass is 10.1. The van der Waals surface area contributed by atoms with Crippen LogP contribution in [0.3, 0.4) is 0 Å². The van der Waals surface area contributed by atoms with E-state index in [0.29, 0.717) is 22.6 Å². The van der Waals surface area contributed by atoms with E-state index in [1.165, 1.54) is 23.0 Å². The minimum Gasteiger partial charge on any atom is -0.497 e. The predicted octanol–water partition coefficient (Wildman–Crippen LogP) is 3.98. The van der Waals surface area contributed by atoms with Gasteiger partial charge in [-0.05, 0) is 36.0 Å². The van der Waals surface area contributed by atoms with E-state index in [1.54, 1.807) is 13.2 Å². The molecular formula is C17H14ClN5O3S. The van der Waals surface area contributed by atoms with Crippen LogP contribution in [0.15, 0.2) is 47.6 Å². The molecule has 0 bridgehead atoms. The van der Waals surface area contributed by atoms with Gasteiger partial charge in [-0.3, -0.25) is 15.2 Å². The summed E-state index contributed by atoms with van der Waals surface area (Å²) in [6.45, 7) is 0. The van der Waals surface area contributed by atoms with Gasteiger partial charge < -0.3 is 4.74 Å². The molecule has 8 nitrogen and oxygen atoms in total. The standard InChI is InChI=1S/C17H14ClN5O3S/c1-26-13-5-2-11(3-6-13)9-16-20-21-17(27)22(16)19-10-12-4-7-14(18)15(8-12)23(24)25/h2-8,10H,9H2,1H3,(H,21,27)/b19-10-.